The molecule has 0 unspecified atom stereocenters. The molecular weight excluding hydrogens is 222 g/mol. The largest absolute Gasteiger partial charge is 0.395 e. The molecule has 6 nitrogen and oxygen atoms in total. The lowest BCUT2D eigenvalue weighted by Crippen LogP contribution is -2.41. The van der Waals surface area contributed by atoms with Crippen molar-refractivity contribution in [1.29, 1.82) is 0 Å². The van der Waals surface area contributed by atoms with Crippen LogP contribution in [0.5, 0.6) is 0 Å². The van der Waals surface area contributed by atoms with Crippen LogP contribution in [0.1, 0.15) is 5.56 Å². The summed E-state index contributed by atoms with van der Waals surface area (Å²) in [6.07, 6.45) is 3.22. The summed E-state index contributed by atoms with van der Waals surface area (Å²) >= 11 is 0. The molecule has 0 bridgehead atoms. The molecule has 6 heteroatoms. The van der Waals surface area contributed by atoms with E-state index in [9.17, 15) is 9.59 Å². The van der Waals surface area contributed by atoms with Gasteiger partial charge in [-0.05, 0) is 17.7 Å². The molecule has 0 aliphatic rings. The van der Waals surface area contributed by atoms with Crippen molar-refractivity contribution < 1.29 is 14.7 Å². The first-order valence-electron chi connectivity index (χ1n) is 5.18. The summed E-state index contributed by atoms with van der Waals surface area (Å²) in [4.78, 5) is 27.9. The lowest BCUT2D eigenvalue weighted by atomic mass is 10.3. The molecule has 92 valence electrons. The fourth-order valence-corrected chi connectivity index (χ4v) is 1.18. The molecule has 0 aliphatic carbocycles. The smallest absolute Gasteiger partial charge is 0.311 e. The maximum atomic E-state index is 11.4. The first kappa shape index (κ1) is 13.1. The molecule has 1 aromatic rings. The number of carbonyl (C=O) groups is 2. The molecule has 0 fully saturated rings. The highest BCUT2D eigenvalue weighted by atomic mass is 16.3. The Kier molecular flexibility index (Phi) is 5.09. The Balaban J connectivity index is 2.42. The zero-order valence-corrected chi connectivity index (χ0v) is 9.59. The minimum absolute atomic E-state index is 0.140. The number of hydrogen-bond donors (Lipinski definition) is 2. The van der Waals surface area contributed by atoms with E-state index in [1.54, 1.807) is 24.5 Å². The second-order valence-electron chi connectivity index (χ2n) is 3.49. The van der Waals surface area contributed by atoms with Gasteiger partial charge in [-0.15, -0.1) is 0 Å². The van der Waals surface area contributed by atoms with Crippen molar-refractivity contribution in [1.82, 2.24) is 15.2 Å². The van der Waals surface area contributed by atoms with Crippen molar-refractivity contribution in [3.05, 3.63) is 30.1 Å². The fraction of sp³-hybridized carbons (Fsp3) is 0.364. The van der Waals surface area contributed by atoms with Crippen LogP contribution in [0.2, 0.25) is 0 Å². The van der Waals surface area contributed by atoms with Crippen molar-refractivity contribution in [2.75, 3.05) is 20.2 Å². The predicted molar refractivity (Wildman–Crippen MR) is 60.8 cm³/mol. The van der Waals surface area contributed by atoms with E-state index in [4.69, 9.17) is 5.11 Å². The average Bonchev–Trinajstić information content (AvgIpc) is 2.36. The van der Waals surface area contributed by atoms with Crippen LogP contribution in [0.15, 0.2) is 24.5 Å². The minimum atomic E-state index is -0.683. The lowest BCUT2D eigenvalue weighted by Gasteiger charge is -2.14. The molecule has 0 saturated carbocycles. The molecule has 0 saturated heterocycles. The second-order valence-corrected chi connectivity index (χ2v) is 3.49. The highest BCUT2D eigenvalue weighted by Gasteiger charge is 2.17. The summed E-state index contributed by atoms with van der Waals surface area (Å²) in [6, 6.07) is 3.50. The molecule has 17 heavy (non-hydrogen) atoms. The van der Waals surface area contributed by atoms with E-state index in [1.807, 2.05) is 0 Å². The van der Waals surface area contributed by atoms with Crippen molar-refractivity contribution >= 4 is 11.8 Å². The molecule has 0 aliphatic heterocycles. The Morgan fingerprint density at radius 3 is 2.65 bits per heavy atom. The third kappa shape index (κ3) is 4.20. The average molecular weight is 237 g/mol. The van der Waals surface area contributed by atoms with Crippen LogP contribution in [0.4, 0.5) is 0 Å². The van der Waals surface area contributed by atoms with Gasteiger partial charge in [0, 0.05) is 32.5 Å². The fourth-order valence-electron chi connectivity index (χ4n) is 1.18. The van der Waals surface area contributed by atoms with E-state index in [1.165, 1.54) is 11.9 Å². The van der Waals surface area contributed by atoms with Gasteiger partial charge in [-0.2, -0.15) is 0 Å². The van der Waals surface area contributed by atoms with Gasteiger partial charge >= 0.3 is 11.8 Å². The van der Waals surface area contributed by atoms with Crippen LogP contribution >= 0.6 is 0 Å². The summed E-state index contributed by atoms with van der Waals surface area (Å²) in [7, 11) is 1.46. The minimum Gasteiger partial charge on any atom is -0.395 e. The number of aromatic nitrogens is 1. The lowest BCUT2D eigenvalue weighted by molar-refractivity contribution is -0.145. The van der Waals surface area contributed by atoms with E-state index in [-0.39, 0.29) is 19.7 Å². The molecule has 1 rings (SSSR count). The number of amides is 2. The molecule has 2 N–H and O–H groups in total. The maximum absolute atomic E-state index is 11.4. The molecule has 0 atom stereocenters. The van der Waals surface area contributed by atoms with Gasteiger partial charge in [0.1, 0.15) is 0 Å². The summed E-state index contributed by atoms with van der Waals surface area (Å²) in [5.41, 5.74) is 0.867. The van der Waals surface area contributed by atoms with Crippen LogP contribution in [-0.4, -0.2) is 47.0 Å². The number of nitrogens with one attached hydrogen (secondary N) is 1. The van der Waals surface area contributed by atoms with Gasteiger partial charge in [-0.25, -0.2) is 0 Å². The third-order valence-corrected chi connectivity index (χ3v) is 2.18. The number of hydrogen-bond acceptors (Lipinski definition) is 4. The highest BCUT2D eigenvalue weighted by Crippen LogP contribution is 1.95. The van der Waals surface area contributed by atoms with Crippen LogP contribution in [0, 0.1) is 0 Å². The number of rotatable bonds is 4. The van der Waals surface area contributed by atoms with Gasteiger partial charge < -0.3 is 15.3 Å². The zero-order valence-electron chi connectivity index (χ0n) is 9.59. The summed E-state index contributed by atoms with van der Waals surface area (Å²) in [5, 5.41) is 11.1. The standard InChI is InChI=1S/C11H15N3O3/c1-14(6-7-15)11(17)10(16)13-8-9-2-4-12-5-3-9/h2-5,15H,6-8H2,1H3,(H,13,16). The molecule has 0 aromatic carbocycles. The molecule has 1 heterocycles. The van der Waals surface area contributed by atoms with Crippen molar-refractivity contribution in [3.63, 3.8) is 0 Å². The number of aliphatic hydroxyl groups excluding tert-OH is 1. The van der Waals surface area contributed by atoms with Crippen LogP contribution in [0.25, 0.3) is 0 Å². The van der Waals surface area contributed by atoms with Crippen LogP contribution in [-0.2, 0) is 16.1 Å². The van der Waals surface area contributed by atoms with Crippen LogP contribution < -0.4 is 5.32 Å². The van der Waals surface area contributed by atoms with E-state index in [2.05, 4.69) is 10.3 Å². The maximum Gasteiger partial charge on any atom is 0.311 e. The van der Waals surface area contributed by atoms with Gasteiger partial charge in [0.25, 0.3) is 0 Å². The van der Waals surface area contributed by atoms with Gasteiger partial charge in [0.05, 0.1) is 6.61 Å². The van der Waals surface area contributed by atoms with Gasteiger partial charge in [-0.3, -0.25) is 14.6 Å². The Hall–Kier alpha value is -1.95. The first-order chi connectivity index (χ1) is 8.15. The Bertz CT molecular complexity index is 381. The molecule has 0 spiro atoms. The normalized spacial score (nSPS) is 9.76. The third-order valence-electron chi connectivity index (χ3n) is 2.18. The molecule has 0 radical (unpaired) electrons. The Labute approximate surface area is 99.3 Å². The molecule has 2 amide bonds. The molecular formula is C11H15N3O3. The Morgan fingerprint density at radius 2 is 2.06 bits per heavy atom. The van der Waals surface area contributed by atoms with Crippen LogP contribution in [0.3, 0.4) is 0 Å². The Morgan fingerprint density at radius 1 is 1.41 bits per heavy atom. The number of nitrogens with zero attached hydrogens (tertiary/aromatic N) is 2. The summed E-state index contributed by atoms with van der Waals surface area (Å²) in [5.74, 6) is -1.34. The van der Waals surface area contributed by atoms with Gasteiger partial charge in [-0.1, -0.05) is 0 Å². The number of likely N-dealkylation sites (N-methyl/N-ethyl adjacent to an activating group) is 1. The summed E-state index contributed by atoms with van der Waals surface area (Å²) < 4.78 is 0. The zero-order chi connectivity index (χ0) is 12.7. The number of aliphatic hydroxyl groups is 1. The van der Waals surface area contributed by atoms with Gasteiger partial charge in [0.2, 0.25) is 0 Å². The summed E-state index contributed by atoms with van der Waals surface area (Å²) in [6.45, 7) is 0.251. The quantitative estimate of drug-likeness (QED) is 0.668. The highest BCUT2D eigenvalue weighted by molar-refractivity contribution is 6.34. The predicted octanol–water partition coefficient (Wildman–Crippen LogP) is -0.851. The van der Waals surface area contributed by atoms with Crippen molar-refractivity contribution in [3.8, 4) is 0 Å². The van der Waals surface area contributed by atoms with E-state index >= 15 is 0 Å². The first-order valence-corrected chi connectivity index (χ1v) is 5.18. The monoisotopic (exact) mass is 237 g/mol. The van der Waals surface area contributed by atoms with Gasteiger partial charge in [0.15, 0.2) is 0 Å². The van der Waals surface area contributed by atoms with E-state index in [0.29, 0.717) is 0 Å². The topological polar surface area (TPSA) is 82.5 Å². The number of carbonyl (C=O) groups excluding carboxylic acids is 2. The van der Waals surface area contributed by atoms with E-state index in [0.717, 1.165) is 5.56 Å². The van der Waals surface area contributed by atoms with Crippen molar-refractivity contribution in [2.45, 2.75) is 6.54 Å². The number of pyridine rings is 1. The van der Waals surface area contributed by atoms with E-state index < -0.39 is 11.8 Å². The van der Waals surface area contributed by atoms with Crippen molar-refractivity contribution in [2.24, 2.45) is 0 Å². The molecule has 1 aromatic heterocycles. The SMILES string of the molecule is CN(CCO)C(=O)C(=O)NCc1ccncc1. The second kappa shape index (κ2) is 6.59.